The molecule has 1 amide bonds. The predicted octanol–water partition coefficient (Wildman–Crippen LogP) is 3.40. The normalized spacial score (nSPS) is 10.9. The molecule has 0 bridgehead atoms. The molecule has 2 aromatic carbocycles. The molecule has 0 unspecified atom stereocenters. The number of carbonyl (C=O) groups is 3. The lowest BCUT2D eigenvalue weighted by Gasteiger charge is -2.11. The molecule has 0 saturated carbocycles. The van der Waals surface area contributed by atoms with Gasteiger partial charge in [-0.05, 0) is 13.0 Å². The standard InChI is InChI=1S/C25H22N2O6S/c1-3-33-19(29)13-26-24(30)23-21(32-2)20-22(34-23)16-11-7-8-12-17(16)27(25(20)31)14-18(28)15-9-5-4-6-10-15/h4-12H,3,13-14H2,1-2H3,(H,26,30). The number of pyridine rings is 1. The van der Waals surface area contributed by atoms with Crippen molar-refractivity contribution in [1.82, 2.24) is 9.88 Å². The predicted molar refractivity (Wildman–Crippen MR) is 130 cm³/mol. The van der Waals surface area contributed by atoms with E-state index in [0.717, 1.165) is 11.3 Å². The summed E-state index contributed by atoms with van der Waals surface area (Å²) >= 11 is 1.10. The highest BCUT2D eigenvalue weighted by molar-refractivity contribution is 7.22. The molecular formula is C25H22N2O6S. The fourth-order valence-electron chi connectivity index (χ4n) is 3.75. The SMILES string of the molecule is CCOC(=O)CNC(=O)c1sc2c(c1OC)c(=O)n(CC(=O)c1ccccc1)c1ccccc21. The molecule has 8 nitrogen and oxygen atoms in total. The van der Waals surface area contributed by atoms with Gasteiger partial charge in [0.15, 0.2) is 11.5 Å². The van der Waals surface area contributed by atoms with Crippen LogP contribution in [0.25, 0.3) is 21.0 Å². The van der Waals surface area contributed by atoms with Gasteiger partial charge in [-0.2, -0.15) is 0 Å². The summed E-state index contributed by atoms with van der Waals surface area (Å²) in [4.78, 5) is 51.2. The number of ether oxygens (including phenoxy) is 2. The van der Waals surface area contributed by atoms with Gasteiger partial charge in [-0.3, -0.25) is 23.7 Å². The fraction of sp³-hybridized carbons (Fsp3) is 0.200. The van der Waals surface area contributed by atoms with E-state index in [2.05, 4.69) is 5.32 Å². The number of para-hydroxylation sites is 1. The van der Waals surface area contributed by atoms with Crippen LogP contribution in [0.15, 0.2) is 59.4 Å². The van der Waals surface area contributed by atoms with Gasteiger partial charge >= 0.3 is 5.97 Å². The molecule has 2 aromatic heterocycles. The Morgan fingerprint density at radius 1 is 1.03 bits per heavy atom. The zero-order valence-electron chi connectivity index (χ0n) is 18.6. The van der Waals surface area contributed by atoms with Gasteiger partial charge in [0.2, 0.25) is 0 Å². The Hall–Kier alpha value is -3.98. The van der Waals surface area contributed by atoms with Crippen LogP contribution in [-0.2, 0) is 16.1 Å². The van der Waals surface area contributed by atoms with Crippen molar-refractivity contribution in [3.8, 4) is 5.75 Å². The third-order valence-corrected chi connectivity index (χ3v) is 6.47. The van der Waals surface area contributed by atoms with E-state index in [1.807, 2.05) is 18.2 Å². The van der Waals surface area contributed by atoms with Gasteiger partial charge in [-0.1, -0.05) is 48.5 Å². The molecule has 0 aliphatic heterocycles. The number of rotatable bonds is 8. The van der Waals surface area contributed by atoms with Crippen LogP contribution in [0.5, 0.6) is 5.75 Å². The molecule has 9 heteroatoms. The van der Waals surface area contributed by atoms with Gasteiger partial charge in [0.1, 0.15) is 16.8 Å². The van der Waals surface area contributed by atoms with E-state index < -0.39 is 17.4 Å². The second kappa shape index (κ2) is 9.88. The Labute approximate surface area is 198 Å². The third-order valence-electron chi connectivity index (χ3n) is 5.27. The lowest BCUT2D eigenvalue weighted by Crippen LogP contribution is -2.30. The zero-order valence-corrected chi connectivity index (χ0v) is 19.4. The molecule has 4 aromatic rings. The lowest BCUT2D eigenvalue weighted by molar-refractivity contribution is -0.141. The van der Waals surface area contributed by atoms with Crippen LogP contribution in [0.4, 0.5) is 0 Å². The molecule has 174 valence electrons. The summed E-state index contributed by atoms with van der Waals surface area (Å²) in [5.74, 6) is -1.23. The van der Waals surface area contributed by atoms with Gasteiger partial charge in [-0.15, -0.1) is 11.3 Å². The maximum atomic E-state index is 13.6. The number of hydrogen-bond acceptors (Lipinski definition) is 7. The number of carbonyl (C=O) groups excluding carboxylic acids is 3. The monoisotopic (exact) mass is 478 g/mol. The number of methoxy groups -OCH3 is 1. The minimum Gasteiger partial charge on any atom is -0.494 e. The Balaban J connectivity index is 1.84. The van der Waals surface area contributed by atoms with Gasteiger partial charge in [0.05, 0.1) is 30.5 Å². The molecule has 2 heterocycles. The summed E-state index contributed by atoms with van der Waals surface area (Å²) in [6.45, 7) is 1.41. The Kier molecular flexibility index (Phi) is 6.74. The van der Waals surface area contributed by atoms with E-state index in [1.54, 1.807) is 43.3 Å². The molecule has 0 aliphatic rings. The van der Waals surface area contributed by atoms with Crippen molar-refractivity contribution in [2.75, 3.05) is 20.3 Å². The van der Waals surface area contributed by atoms with E-state index in [-0.39, 0.29) is 41.5 Å². The van der Waals surface area contributed by atoms with Crippen LogP contribution in [0.2, 0.25) is 0 Å². The average Bonchev–Trinajstić information content (AvgIpc) is 3.26. The second-order valence-electron chi connectivity index (χ2n) is 7.35. The second-order valence-corrected chi connectivity index (χ2v) is 8.37. The summed E-state index contributed by atoms with van der Waals surface area (Å²) in [7, 11) is 1.37. The van der Waals surface area contributed by atoms with Gasteiger partial charge in [-0.25, -0.2) is 0 Å². The molecule has 0 radical (unpaired) electrons. The Bertz CT molecular complexity index is 1460. The number of hydrogen-bond donors (Lipinski definition) is 1. The number of fused-ring (bicyclic) bond motifs is 3. The highest BCUT2D eigenvalue weighted by Crippen LogP contribution is 2.39. The van der Waals surface area contributed by atoms with Crippen LogP contribution in [-0.4, -0.2) is 42.5 Å². The minimum atomic E-state index is -0.567. The molecule has 0 aliphatic carbocycles. The Morgan fingerprint density at radius 3 is 2.44 bits per heavy atom. The van der Waals surface area contributed by atoms with E-state index >= 15 is 0 Å². The summed E-state index contributed by atoms with van der Waals surface area (Å²) in [6.07, 6.45) is 0. The maximum Gasteiger partial charge on any atom is 0.325 e. The number of thiophene rings is 1. The van der Waals surface area contributed by atoms with E-state index in [9.17, 15) is 19.2 Å². The number of Topliss-reactive ketones (excluding diaryl/α,β-unsaturated/α-hetero) is 1. The zero-order chi connectivity index (χ0) is 24.2. The summed E-state index contributed by atoms with van der Waals surface area (Å²) < 4.78 is 12.3. The number of amides is 1. The highest BCUT2D eigenvalue weighted by Gasteiger charge is 2.25. The van der Waals surface area contributed by atoms with Crippen LogP contribution >= 0.6 is 11.3 Å². The number of ketones is 1. The molecule has 34 heavy (non-hydrogen) atoms. The van der Waals surface area contributed by atoms with Gasteiger partial charge < -0.3 is 14.8 Å². The topological polar surface area (TPSA) is 104 Å². The number of esters is 1. The van der Waals surface area contributed by atoms with Crippen molar-refractivity contribution >= 4 is 50.0 Å². The number of aromatic nitrogens is 1. The number of benzene rings is 2. The van der Waals surface area contributed by atoms with Gasteiger partial charge in [0, 0.05) is 10.9 Å². The van der Waals surface area contributed by atoms with Crippen LogP contribution in [0, 0.1) is 0 Å². The largest absolute Gasteiger partial charge is 0.494 e. The molecule has 4 rings (SSSR count). The van der Waals surface area contributed by atoms with Crippen LogP contribution < -0.4 is 15.6 Å². The van der Waals surface area contributed by atoms with Crippen LogP contribution in [0.3, 0.4) is 0 Å². The molecule has 0 fully saturated rings. The molecule has 0 spiro atoms. The lowest BCUT2D eigenvalue weighted by atomic mass is 10.1. The average molecular weight is 479 g/mol. The third kappa shape index (κ3) is 4.29. The molecular weight excluding hydrogens is 456 g/mol. The molecule has 0 atom stereocenters. The first-order valence-electron chi connectivity index (χ1n) is 10.6. The van der Waals surface area contributed by atoms with Crippen molar-refractivity contribution in [3.63, 3.8) is 0 Å². The van der Waals surface area contributed by atoms with E-state index in [4.69, 9.17) is 9.47 Å². The number of nitrogens with one attached hydrogen (secondary N) is 1. The van der Waals surface area contributed by atoms with Crippen molar-refractivity contribution in [1.29, 1.82) is 0 Å². The molecule has 0 saturated heterocycles. The van der Waals surface area contributed by atoms with Crippen molar-refractivity contribution < 1.29 is 23.9 Å². The van der Waals surface area contributed by atoms with Crippen LogP contribution in [0.1, 0.15) is 27.0 Å². The van der Waals surface area contributed by atoms with Crippen molar-refractivity contribution in [2.24, 2.45) is 0 Å². The van der Waals surface area contributed by atoms with Crippen molar-refractivity contribution in [3.05, 3.63) is 75.4 Å². The van der Waals surface area contributed by atoms with Crippen molar-refractivity contribution in [2.45, 2.75) is 13.5 Å². The first-order valence-corrected chi connectivity index (χ1v) is 11.4. The summed E-state index contributed by atoms with van der Waals surface area (Å²) in [5.41, 5.74) is 0.636. The molecule has 1 N–H and O–H groups in total. The number of nitrogens with zero attached hydrogens (tertiary/aromatic N) is 1. The quantitative estimate of drug-likeness (QED) is 0.308. The highest BCUT2D eigenvalue weighted by atomic mass is 32.1. The summed E-state index contributed by atoms with van der Waals surface area (Å²) in [5, 5.41) is 3.44. The van der Waals surface area contributed by atoms with Gasteiger partial charge in [0.25, 0.3) is 11.5 Å². The fourth-order valence-corrected chi connectivity index (χ4v) is 4.96. The van der Waals surface area contributed by atoms with E-state index in [1.165, 1.54) is 11.7 Å². The van der Waals surface area contributed by atoms with E-state index in [0.29, 0.717) is 21.2 Å². The summed E-state index contributed by atoms with van der Waals surface area (Å²) in [6, 6.07) is 15.9. The smallest absolute Gasteiger partial charge is 0.325 e. The first kappa shape index (κ1) is 23.2. The first-order chi connectivity index (χ1) is 16.5. The minimum absolute atomic E-state index is 0.109. The Morgan fingerprint density at radius 2 is 1.74 bits per heavy atom. The maximum absolute atomic E-state index is 13.6.